The van der Waals surface area contributed by atoms with Crippen molar-refractivity contribution in [3.05, 3.63) is 23.3 Å². The van der Waals surface area contributed by atoms with E-state index in [4.69, 9.17) is 0 Å². The lowest BCUT2D eigenvalue weighted by molar-refractivity contribution is -0.117. The largest absolute Gasteiger partial charge is 0.295 e. The van der Waals surface area contributed by atoms with Gasteiger partial charge in [-0.15, -0.1) is 0 Å². The molecule has 1 nitrogen and oxygen atoms in total. The average Bonchev–Trinajstić information content (AvgIpc) is 2.84. The second-order valence-corrected chi connectivity index (χ2v) is 8.78. The second kappa shape index (κ2) is 4.82. The average molecular weight is 298 g/mol. The molecule has 0 bridgehead atoms. The number of carbonyl (C=O) groups excluding carboxylic acids is 1. The monoisotopic (exact) mass is 298 g/mol. The van der Waals surface area contributed by atoms with Crippen molar-refractivity contribution in [2.24, 2.45) is 28.6 Å². The minimum Gasteiger partial charge on any atom is -0.295 e. The summed E-state index contributed by atoms with van der Waals surface area (Å²) in [7, 11) is 0. The van der Waals surface area contributed by atoms with Crippen LogP contribution < -0.4 is 0 Å². The summed E-state index contributed by atoms with van der Waals surface area (Å²) in [6.07, 6.45) is 14.3. The minimum absolute atomic E-state index is 0.330. The molecule has 0 aromatic carbocycles. The van der Waals surface area contributed by atoms with Crippen molar-refractivity contribution in [2.45, 2.75) is 72.1 Å². The summed E-state index contributed by atoms with van der Waals surface area (Å²) in [4.78, 5) is 11.9. The standard InChI is InChI=1S/C21H30O/c1-4-14-6-8-18-17-7-5-15-13-16(22)9-11-21(15,3)19(17)10-12-20(14,18)2/h4,13,17-19H,5-12H2,1-3H3/t17-,18-,19-,20+,21-/m0/s1. The molecule has 22 heavy (non-hydrogen) atoms. The van der Waals surface area contributed by atoms with Crippen LogP contribution in [0.1, 0.15) is 72.1 Å². The van der Waals surface area contributed by atoms with Crippen LogP contribution in [0.2, 0.25) is 0 Å². The van der Waals surface area contributed by atoms with Gasteiger partial charge in [0.05, 0.1) is 0 Å². The van der Waals surface area contributed by atoms with Gasteiger partial charge in [0.2, 0.25) is 0 Å². The summed E-state index contributed by atoms with van der Waals surface area (Å²) in [5, 5.41) is 0. The molecular formula is C21H30O. The van der Waals surface area contributed by atoms with Crippen LogP contribution in [0.5, 0.6) is 0 Å². The van der Waals surface area contributed by atoms with Gasteiger partial charge in [0.25, 0.3) is 0 Å². The Hall–Kier alpha value is -0.850. The molecule has 4 aliphatic carbocycles. The van der Waals surface area contributed by atoms with Crippen LogP contribution in [0.15, 0.2) is 23.3 Å². The number of allylic oxidation sites excluding steroid dienone is 3. The Balaban J connectivity index is 1.70. The summed E-state index contributed by atoms with van der Waals surface area (Å²) in [5.74, 6) is 3.00. The van der Waals surface area contributed by atoms with Crippen molar-refractivity contribution in [1.82, 2.24) is 0 Å². The predicted molar refractivity (Wildman–Crippen MR) is 90.5 cm³/mol. The van der Waals surface area contributed by atoms with E-state index in [2.05, 4.69) is 26.8 Å². The van der Waals surface area contributed by atoms with Gasteiger partial charge >= 0.3 is 0 Å². The van der Waals surface area contributed by atoms with Crippen molar-refractivity contribution in [1.29, 1.82) is 0 Å². The molecule has 5 atom stereocenters. The molecule has 120 valence electrons. The fourth-order valence-electron chi connectivity index (χ4n) is 6.88. The third kappa shape index (κ3) is 1.80. The number of hydrogen-bond donors (Lipinski definition) is 0. The number of carbonyl (C=O) groups is 1. The van der Waals surface area contributed by atoms with E-state index in [1.54, 1.807) is 5.57 Å². The maximum absolute atomic E-state index is 11.9. The Kier molecular flexibility index (Phi) is 3.23. The van der Waals surface area contributed by atoms with E-state index in [1.165, 1.54) is 44.1 Å². The number of rotatable bonds is 0. The lowest BCUT2D eigenvalue weighted by Gasteiger charge is -2.57. The molecule has 4 rings (SSSR count). The van der Waals surface area contributed by atoms with Gasteiger partial charge in [-0.3, -0.25) is 4.79 Å². The molecule has 3 fully saturated rings. The highest BCUT2D eigenvalue weighted by molar-refractivity contribution is 5.91. The number of hydrogen-bond acceptors (Lipinski definition) is 1. The number of fused-ring (bicyclic) bond motifs is 5. The second-order valence-electron chi connectivity index (χ2n) is 8.78. The molecule has 1 heteroatoms. The van der Waals surface area contributed by atoms with Crippen molar-refractivity contribution < 1.29 is 4.79 Å². The van der Waals surface area contributed by atoms with E-state index in [0.717, 1.165) is 30.6 Å². The minimum atomic E-state index is 0.330. The maximum atomic E-state index is 11.9. The van der Waals surface area contributed by atoms with Gasteiger partial charge in [-0.1, -0.05) is 31.1 Å². The van der Waals surface area contributed by atoms with E-state index in [-0.39, 0.29) is 0 Å². The van der Waals surface area contributed by atoms with Gasteiger partial charge in [0.15, 0.2) is 5.78 Å². The van der Waals surface area contributed by atoms with Crippen LogP contribution in [0, 0.1) is 28.6 Å². The van der Waals surface area contributed by atoms with Crippen molar-refractivity contribution in [2.75, 3.05) is 0 Å². The molecule has 0 aromatic heterocycles. The Labute approximate surface area is 135 Å². The van der Waals surface area contributed by atoms with Crippen LogP contribution in [0.4, 0.5) is 0 Å². The van der Waals surface area contributed by atoms with E-state index in [0.29, 0.717) is 16.6 Å². The Morgan fingerprint density at radius 2 is 1.77 bits per heavy atom. The molecule has 3 saturated carbocycles. The van der Waals surface area contributed by atoms with Gasteiger partial charge < -0.3 is 0 Å². The quantitative estimate of drug-likeness (QED) is 0.542. The highest BCUT2D eigenvalue weighted by Crippen LogP contribution is 2.66. The zero-order valence-electron chi connectivity index (χ0n) is 14.5. The maximum Gasteiger partial charge on any atom is 0.155 e. The highest BCUT2D eigenvalue weighted by Gasteiger charge is 2.57. The molecule has 0 spiro atoms. The highest BCUT2D eigenvalue weighted by atomic mass is 16.1. The molecule has 0 radical (unpaired) electrons. The molecule has 4 aliphatic rings. The molecule has 0 amide bonds. The number of ketones is 1. The molecule has 0 heterocycles. The lowest BCUT2D eigenvalue weighted by atomic mass is 9.47. The summed E-state index contributed by atoms with van der Waals surface area (Å²) >= 11 is 0. The van der Waals surface area contributed by atoms with Crippen molar-refractivity contribution >= 4 is 5.78 Å². The molecular weight excluding hydrogens is 268 g/mol. The Morgan fingerprint density at radius 3 is 2.55 bits per heavy atom. The Morgan fingerprint density at radius 1 is 1.00 bits per heavy atom. The van der Waals surface area contributed by atoms with Crippen LogP contribution in [0.25, 0.3) is 0 Å². The third-order valence-corrected chi connectivity index (χ3v) is 8.16. The van der Waals surface area contributed by atoms with E-state index in [9.17, 15) is 4.79 Å². The Bertz CT molecular complexity index is 568. The van der Waals surface area contributed by atoms with Crippen LogP contribution >= 0.6 is 0 Å². The van der Waals surface area contributed by atoms with E-state index >= 15 is 0 Å². The summed E-state index contributed by atoms with van der Waals surface area (Å²) in [6, 6.07) is 0. The van der Waals surface area contributed by atoms with Crippen LogP contribution in [0.3, 0.4) is 0 Å². The van der Waals surface area contributed by atoms with Crippen molar-refractivity contribution in [3.63, 3.8) is 0 Å². The molecule has 0 saturated heterocycles. The zero-order chi connectivity index (χ0) is 15.5. The fraction of sp³-hybridized carbons (Fsp3) is 0.762. The lowest BCUT2D eigenvalue weighted by Crippen LogP contribution is -2.49. The van der Waals surface area contributed by atoms with Gasteiger partial charge in [0.1, 0.15) is 0 Å². The summed E-state index contributed by atoms with van der Waals surface area (Å²) < 4.78 is 0. The SMILES string of the molecule is CC=C1CC[C@H]2[C@@H]3CCC4=CC(=O)CC[C@]4(C)[C@H]3CC[C@]12C. The third-order valence-electron chi connectivity index (χ3n) is 8.16. The molecule has 0 aliphatic heterocycles. The topological polar surface area (TPSA) is 17.1 Å². The van der Waals surface area contributed by atoms with Gasteiger partial charge in [-0.05, 0) is 86.5 Å². The summed E-state index contributed by atoms with van der Waals surface area (Å²) in [5.41, 5.74) is 4.05. The zero-order valence-corrected chi connectivity index (χ0v) is 14.5. The first-order valence-electron chi connectivity index (χ1n) is 9.38. The van der Waals surface area contributed by atoms with E-state index in [1.807, 2.05) is 6.08 Å². The molecule has 0 aromatic rings. The fourth-order valence-corrected chi connectivity index (χ4v) is 6.88. The van der Waals surface area contributed by atoms with Gasteiger partial charge in [-0.2, -0.15) is 0 Å². The predicted octanol–water partition coefficient (Wildman–Crippen LogP) is 5.46. The first-order valence-corrected chi connectivity index (χ1v) is 9.38. The smallest absolute Gasteiger partial charge is 0.155 e. The van der Waals surface area contributed by atoms with Crippen LogP contribution in [-0.4, -0.2) is 5.78 Å². The normalized spacial score (nSPS) is 49.4. The van der Waals surface area contributed by atoms with Gasteiger partial charge in [-0.25, -0.2) is 0 Å². The molecule has 0 N–H and O–H groups in total. The first kappa shape index (κ1) is 14.7. The van der Waals surface area contributed by atoms with E-state index < -0.39 is 0 Å². The molecule has 0 unspecified atom stereocenters. The summed E-state index contributed by atoms with van der Waals surface area (Å²) in [6.45, 7) is 7.27. The van der Waals surface area contributed by atoms with Crippen LogP contribution in [-0.2, 0) is 4.79 Å². The van der Waals surface area contributed by atoms with Gasteiger partial charge in [0, 0.05) is 6.42 Å². The van der Waals surface area contributed by atoms with Crippen molar-refractivity contribution in [3.8, 4) is 0 Å². The first-order chi connectivity index (χ1) is 10.5.